The van der Waals surface area contributed by atoms with Crippen molar-refractivity contribution in [2.24, 2.45) is 0 Å². The zero-order chi connectivity index (χ0) is 33.0. The summed E-state index contributed by atoms with van der Waals surface area (Å²) in [6.07, 6.45) is 0. The number of benzene rings is 7. The standard InChI is InChI=1S/C47H31N3/c1-3-15-32(16-4-1)41-29-34(30-42(48-41)33-17-5-2-6-18-33)40-31-35(49-43-23-11-7-19-36(43)37-20-8-12-24-44(37)49)27-28-47(40)50-45-25-13-9-21-38(45)39-22-10-14-26-46(39)50/h1-31H. The summed E-state index contributed by atoms with van der Waals surface area (Å²) in [5, 5.41) is 4.98. The fraction of sp³-hybridized carbons (Fsp3) is 0. The average Bonchev–Trinajstić information content (AvgIpc) is 3.71. The normalized spacial score (nSPS) is 11.6. The molecular formula is C47H31N3. The molecule has 3 nitrogen and oxygen atoms in total. The van der Waals surface area contributed by atoms with Crippen molar-refractivity contribution in [3.05, 3.63) is 188 Å². The number of aromatic nitrogens is 3. The van der Waals surface area contributed by atoms with Gasteiger partial charge in [-0.25, -0.2) is 4.98 Å². The monoisotopic (exact) mass is 637 g/mol. The lowest BCUT2D eigenvalue weighted by Crippen LogP contribution is -2.01. The van der Waals surface area contributed by atoms with Crippen molar-refractivity contribution in [3.63, 3.8) is 0 Å². The molecular weight excluding hydrogens is 607 g/mol. The van der Waals surface area contributed by atoms with Crippen LogP contribution in [0.25, 0.3) is 88.6 Å². The first kappa shape index (κ1) is 28.3. The molecule has 234 valence electrons. The van der Waals surface area contributed by atoms with Crippen molar-refractivity contribution in [2.45, 2.75) is 0 Å². The summed E-state index contributed by atoms with van der Waals surface area (Å²) in [5.74, 6) is 0. The van der Waals surface area contributed by atoms with E-state index in [0.29, 0.717) is 0 Å². The Morgan fingerprint density at radius 2 is 0.720 bits per heavy atom. The Labute approximate surface area is 290 Å². The number of hydrogen-bond acceptors (Lipinski definition) is 1. The molecule has 0 fully saturated rings. The summed E-state index contributed by atoms with van der Waals surface area (Å²) >= 11 is 0. The maximum absolute atomic E-state index is 5.23. The molecule has 0 atom stereocenters. The van der Waals surface area contributed by atoms with Crippen LogP contribution in [-0.2, 0) is 0 Å². The third-order valence-electron chi connectivity index (χ3n) is 9.91. The minimum atomic E-state index is 0.942. The largest absolute Gasteiger partial charge is 0.309 e. The van der Waals surface area contributed by atoms with Gasteiger partial charge in [0, 0.05) is 43.9 Å². The van der Waals surface area contributed by atoms with E-state index in [2.05, 4.69) is 197 Å². The lowest BCUT2D eigenvalue weighted by Gasteiger charge is -2.18. The smallest absolute Gasteiger partial charge is 0.0715 e. The van der Waals surface area contributed by atoms with Crippen molar-refractivity contribution < 1.29 is 0 Å². The van der Waals surface area contributed by atoms with E-state index < -0.39 is 0 Å². The molecule has 3 aromatic heterocycles. The quantitative estimate of drug-likeness (QED) is 0.184. The van der Waals surface area contributed by atoms with Crippen molar-refractivity contribution in [2.75, 3.05) is 0 Å². The van der Waals surface area contributed by atoms with Crippen LogP contribution in [0.15, 0.2) is 188 Å². The Kier molecular flexibility index (Phi) is 6.49. The molecule has 0 radical (unpaired) electrons. The molecule has 0 saturated heterocycles. The SMILES string of the molecule is c1ccc(-c2cc(-c3cc(-n4c5ccccc5c5ccccc54)ccc3-n3c4ccccc4c4ccccc43)cc(-c3ccccc3)n2)cc1. The predicted octanol–water partition coefficient (Wildman–Crippen LogP) is 12.3. The molecule has 0 aliphatic heterocycles. The highest BCUT2D eigenvalue weighted by atomic mass is 15.0. The highest BCUT2D eigenvalue weighted by molar-refractivity contribution is 6.11. The summed E-state index contributed by atoms with van der Waals surface area (Å²) in [4.78, 5) is 5.23. The van der Waals surface area contributed by atoms with Crippen LogP contribution in [0.4, 0.5) is 0 Å². The van der Waals surface area contributed by atoms with Gasteiger partial charge in [-0.05, 0) is 60.2 Å². The third-order valence-corrected chi connectivity index (χ3v) is 9.91. The van der Waals surface area contributed by atoms with E-state index in [1.165, 1.54) is 43.6 Å². The molecule has 0 amide bonds. The second-order valence-corrected chi connectivity index (χ2v) is 12.8. The van der Waals surface area contributed by atoms with Crippen LogP contribution in [0, 0.1) is 0 Å². The van der Waals surface area contributed by atoms with Gasteiger partial charge < -0.3 is 9.13 Å². The fourth-order valence-corrected chi connectivity index (χ4v) is 7.67. The lowest BCUT2D eigenvalue weighted by atomic mass is 9.97. The molecule has 50 heavy (non-hydrogen) atoms. The van der Waals surface area contributed by atoms with Crippen LogP contribution >= 0.6 is 0 Å². The van der Waals surface area contributed by atoms with E-state index in [1.807, 2.05) is 0 Å². The molecule has 0 saturated carbocycles. The molecule has 0 aliphatic carbocycles. The highest BCUT2D eigenvalue weighted by Crippen LogP contribution is 2.40. The van der Waals surface area contributed by atoms with E-state index in [1.54, 1.807) is 0 Å². The minimum Gasteiger partial charge on any atom is -0.309 e. The lowest BCUT2D eigenvalue weighted by molar-refractivity contribution is 1.15. The molecule has 0 aliphatic rings. The number of para-hydroxylation sites is 4. The second kappa shape index (κ2) is 11.5. The van der Waals surface area contributed by atoms with Crippen LogP contribution in [0.3, 0.4) is 0 Å². The molecule has 7 aromatic carbocycles. The van der Waals surface area contributed by atoms with Gasteiger partial charge in [-0.2, -0.15) is 0 Å². The van der Waals surface area contributed by atoms with E-state index in [9.17, 15) is 0 Å². The number of hydrogen-bond donors (Lipinski definition) is 0. The first-order valence-corrected chi connectivity index (χ1v) is 17.1. The topological polar surface area (TPSA) is 22.8 Å². The van der Waals surface area contributed by atoms with Gasteiger partial charge in [-0.1, -0.05) is 133 Å². The van der Waals surface area contributed by atoms with Gasteiger partial charge in [0.05, 0.1) is 39.1 Å². The van der Waals surface area contributed by atoms with Gasteiger partial charge in [0.1, 0.15) is 0 Å². The average molecular weight is 638 g/mol. The molecule has 0 unspecified atom stereocenters. The number of nitrogens with zero attached hydrogens (tertiary/aromatic N) is 3. The Bertz CT molecular complexity index is 2700. The van der Waals surface area contributed by atoms with Gasteiger partial charge >= 0.3 is 0 Å². The summed E-state index contributed by atoms with van der Waals surface area (Å²) in [6, 6.07) is 67.3. The van der Waals surface area contributed by atoms with Crippen LogP contribution < -0.4 is 0 Å². The maximum atomic E-state index is 5.23. The van der Waals surface area contributed by atoms with E-state index in [0.717, 1.165) is 45.0 Å². The van der Waals surface area contributed by atoms with Gasteiger partial charge in [-0.15, -0.1) is 0 Å². The molecule has 10 rings (SSSR count). The first-order chi connectivity index (χ1) is 24.8. The Morgan fingerprint density at radius 3 is 1.18 bits per heavy atom. The van der Waals surface area contributed by atoms with E-state index in [-0.39, 0.29) is 0 Å². The molecule has 0 bridgehead atoms. The van der Waals surface area contributed by atoms with Crippen molar-refractivity contribution in [1.82, 2.24) is 14.1 Å². The maximum Gasteiger partial charge on any atom is 0.0715 e. The molecule has 3 heterocycles. The summed E-state index contributed by atoms with van der Waals surface area (Å²) < 4.78 is 4.84. The molecule has 0 N–H and O–H groups in total. The molecule has 0 spiro atoms. The van der Waals surface area contributed by atoms with Crippen LogP contribution in [0.5, 0.6) is 0 Å². The molecule has 10 aromatic rings. The summed E-state index contributed by atoms with van der Waals surface area (Å²) in [7, 11) is 0. The van der Waals surface area contributed by atoms with Crippen LogP contribution in [0.2, 0.25) is 0 Å². The Morgan fingerprint density at radius 1 is 0.320 bits per heavy atom. The third kappa shape index (κ3) is 4.48. The van der Waals surface area contributed by atoms with Gasteiger partial charge in [0.25, 0.3) is 0 Å². The van der Waals surface area contributed by atoms with E-state index in [4.69, 9.17) is 4.98 Å². The minimum absolute atomic E-state index is 0.942. The zero-order valence-corrected chi connectivity index (χ0v) is 27.2. The second-order valence-electron chi connectivity index (χ2n) is 12.8. The first-order valence-electron chi connectivity index (χ1n) is 17.1. The zero-order valence-electron chi connectivity index (χ0n) is 27.2. The number of fused-ring (bicyclic) bond motifs is 6. The summed E-state index contributed by atoms with van der Waals surface area (Å²) in [5.41, 5.74) is 13.3. The van der Waals surface area contributed by atoms with E-state index >= 15 is 0 Å². The number of rotatable bonds is 5. The van der Waals surface area contributed by atoms with Gasteiger partial charge in [0.15, 0.2) is 0 Å². The van der Waals surface area contributed by atoms with Gasteiger partial charge in [0.2, 0.25) is 0 Å². The van der Waals surface area contributed by atoms with Crippen LogP contribution in [0.1, 0.15) is 0 Å². The Hall–Kier alpha value is -6.71. The fourth-order valence-electron chi connectivity index (χ4n) is 7.67. The van der Waals surface area contributed by atoms with Crippen molar-refractivity contribution >= 4 is 43.6 Å². The van der Waals surface area contributed by atoms with Crippen LogP contribution in [-0.4, -0.2) is 14.1 Å². The highest BCUT2D eigenvalue weighted by Gasteiger charge is 2.20. The van der Waals surface area contributed by atoms with Gasteiger partial charge in [-0.3, -0.25) is 0 Å². The predicted molar refractivity (Wildman–Crippen MR) is 209 cm³/mol. The number of pyridine rings is 1. The molecule has 3 heteroatoms. The Balaban J connectivity index is 1.32. The van der Waals surface area contributed by atoms with Crippen molar-refractivity contribution in [3.8, 4) is 45.0 Å². The summed E-state index contributed by atoms with van der Waals surface area (Å²) in [6.45, 7) is 0. The van der Waals surface area contributed by atoms with Crippen molar-refractivity contribution in [1.29, 1.82) is 0 Å².